The second-order valence-corrected chi connectivity index (χ2v) is 7.97. The average molecular weight is 345 g/mol. The molecule has 126 valence electrons. The van der Waals surface area contributed by atoms with Crippen LogP contribution in [0.25, 0.3) is 0 Å². The number of carbonyl (C=O) groups is 1. The van der Waals surface area contributed by atoms with E-state index in [-0.39, 0.29) is 10.8 Å². The number of aromatic nitrogens is 1. The number of nitrogens with one attached hydrogen (secondary N) is 2. The van der Waals surface area contributed by atoms with Gasteiger partial charge in [-0.15, -0.1) is 0 Å². The van der Waals surface area contributed by atoms with E-state index in [9.17, 15) is 13.2 Å². The Bertz CT molecular complexity index is 826. The summed E-state index contributed by atoms with van der Waals surface area (Å²) in [7, 11) is -3.20. The molecule has 0 atom stereocenters. The van der Waals surface area contributed by atoms with Crippen molar-refractivity contribution in [3.63, 3.8) is 0 Å². The van der Waals surface area contributed by atoms with E-state index in [0.717, 1.165) is 11.4 Å². The van der Waals surface area contributed by atoms with Crippen molar-refractivity contribution in [1.82, 2.24) is 10.3 Å². The van der Waals surface area contributed by atoms with Gasteiger partial charge in [-0.3, -0.25) is 4.79 Å². The van der Waals surface area contributed by atoms with Crippen molar-refractivity contribution >= 4 is 21.6 Å². The summed E-state index contributed by atoms with van der Waals surface area (Å²) in [4.78, 5) is 16.6. The van der Waals surface area contributed by atoms with Gasteiger partial charge in [-0.25, -0.2) is 13.4 Å². The molecule has 0 radical (unpaired) electrons. The first-order valence-corrected chi connectivity index (χ1v) is 9.61. The molecular formula is C17H19N3O3S. The van der Waals surface area contributed by atoms with Crippen molar-refractivity contribution in [1.29, 1.82) is 0 Å². The van der Waals surface area contributed by atoms with Gasteiger partial charge in [0.25, 0.3) is 5.91 Å². The van der Waals surface area contributed by atoms with Crippen LogP contribution in [0.1, 0.15) is 28.8 Å². The summed E-state index contributed by atoms with van der Waals surface area (Å²) in [6, 6.07) is 10.5. The molecule has 1 aliphatic carbocycles. The molecule has 6 nitrogen and oxygen atoms in total. The Morgan fingerprint density at radius 2 is 1.88 bits per heavy atom. The Kier molecular flexibility index (Phi) is 4.53. The van der Waals surface area contributed by atoms with Crippen LogP contribution in [0, 0.1) is 0 Å². The van der Waals surface area contributed by atoms with Crippen LogP contribution in [0.5, 0.6) is 0 Å². The molecular weight excluding hydrogens is 326 g/mol. The number of hydrogen-bond acceptors (Lipinski definition) is 5. The molecule has 2 aromatic rings. The van der Waals surface area contributed by atoms with E-state index >= 15 is 0 Å². The SMILES string of the molecule is CS(=O)(=O)c1ccc(CNC(=O)c2ccc(NC3CC3)nc2)cc1. The van der Waals surface area contributed by atoms with Gasteiger partial charge < -0.3 is 10.6 Å². The van der Waals surface area contributed by atoms with E-state index in [1.165, 1.54) is 31.2 Å². The van der Waals surface area contributed by atoms with Crippen LogP contribution >= 0.6 is 0 Å². The number of anilines is 1. The lowest BCUT2D eigenvalue weighted by Crippen LogP contribution is -2.23. The lowest BCUT2D eigenvalue weighted by molar-refractivity contribution is 0.0950. The van der Waals surface area contributed by atoms with Crippen LogP contribution in [0.3, 0.4) is 0 Å². The Hall–Kier alpha value is -2.41. The topological polar surface area (TPSA) is 88.2 Å². The van der Waals surface area contributed by atoms with Crippen LogP contribution in [-0.2, 0) is 16.4 Å². The third-order valence-electron chi connectivity index (χ3n) is 3.76. The summed E-state index contributed by atoms with van der Waals surface area (Å²) in [6.07, 6.45) is 5.05. The van der Waals surface area contributed by atoms with Crippen molar-refractivity contribution in [2.45, 2.75) is 30.3 Å². The highest BCUT2D eigenvalue weighted by Crippen LogP contribution is 2.23. The van der Waals surface area contributed by atoms with E-state index in [0.29, 0.717) is 18.2 Å². The zero-order valence-electron chi connectivity index (χ0n) is 13.3. The maximum Gasteiger partial charge on any atom is 0.253 e. The molecule has 2 N–H and O–H groups in total. The van der Waals surface area contributed by atoms with E-state index in [2.05, 4.69) is 15.6 Å². The molecule has 24 heavy (non-hydrogen) atoms. The van der Waals surface area contributed by atoms with Gasteiger partial charge in [0.05, 0.1) is 10.5 Å². The lowest BCUT2D eigenvalue weighted by Gasteiger charge is -2.07. The van der Waals surface area contributed by atoms with Gasteiger partial charge in [-0.05, 0) is 42.7 Å². The van der Waals surface area contributed by atoms with Crippen LogP contribution in [0.4, 0.5) is 5.82 Å². The van der Waals surface area contributed by atoms with Crippen LogP contribution in [0.15, 0.2) is 47.5 Å². The van der Waals surface area contributed by atoms with Crippen molar-refractivity contribution in [3.05, 3.63) is 53.7 Å². The molecule has 1 heterocycles. The average Bonchev–Trinajstić information content (AvgIpc) is 3.37. The van der Waals surface area contributed by atoms with Crippen molar-refractivity contribution in [2.24, 2.45) is 0 Å². The number of carbonyl (C=O) groups excluding carboxylic acids is 1. The quantitative estimate of drug-likeness (QED) is 0.836. The predicted molar refractivity (Wildman–Crippen MR) is 91.6 cm³/mol. The molecule has 1 amide bonds. The fraction of sp³-hybridized carbons (Fsp3) is 0.294. The molecule has 1 saturated carbocycles. The number of pyridine rings is 1. The molecule has 1 aromatic carbocycles. The second kappa shape index (κ2) is 6.60. The first-order chi connectivity index (χ1) is 11.4. The molecule has 1 fully saturated rings. The number of rotatable bonds is 6. The number of sulfone groups is 1. The maximum atomic E-state index is 12.1. The smallest absolute Gasteiger partial charge is 0.253 e. The fourth-order valence-electron chi connectivity index (χ4n) is 2.19. The first kappa shape index (κ1) is 16.4. The van der Waals surface area contributed by atoms with Gasteiger partial charge >= 0.3 is 0 Å². The van der Waals surface area contributed by atoms with Gasteiger partial charge in [-0.2, -0.15) is 0 Å². The minimum absolute atomic E-state index is 0.215. The Balaban J connectivity index is 1.56. The molecule has 1 aromatic heterocycles. The largest absolute Gasteiger partial charge is 0.367 e. The van der Waals surface area contributed by atoms with Crippen molar-refractivity contribution in [3.8, 4) is 0 Å². The van der Waals surface area contributed by atoms with Crippen molar-refractivity contribution in [2.75, 3.05) is 11.6 Å². The van der Waals surface area contributed by atoms with Gasteiger partial charge in [0.2, 0.25) is 0 Å². The fourth-order valence-corrected chi connectivity index (χ4v) is 2.82. The van der Waals surface area contributed by atoms with Crippen LogP contribution < -0.4 is 10.6 Å². The lowest BCUT2D eigenvalue weighted by atomic mass is 10.2. The summed E-state index contributed by atoms with van der Waals surface area (Å²) < 4.78 is 22.8. The highest BCUT2D eigenvalue weighted by Gasteiger charge is 2.21. The number of hydrogen-bond donors (Lipinski definition) is 2. The first-order valence-electron chi connectivity index (χ1n) is 7.71. The summed E-state index contributed by atoms with van der Waals surface area (Å²) >= 11 is 0. The highest BCUT2D eigenvalue weighted by molar-refractivity contribution is 7.90. The third kappa shape index (κ3) is 4.32. The zero-order valence-corrected chi connectivity index (χ0v) is 14.1. The van der Waals surface area contributed by atoms with Crippen LogP contribution in [-0.4, -0.2) is 31.6 Å². The monoisotopic (exact) mass is 345 g/mol. The summed E-state index contributed by atoms with van der Waals surface area (Å²) in [5.41, 5.74) is 1.32. The van der Waals surface area contributed by atoms with E-state index in [4.69, 9.17) is 0 Å². The Labute approximate surface area is 141 Å². The molecule has 0 aliphatic heterocycles. The highest BCUT2D eigenvalue weighted by atomic mass is 32.2. The molecule has 0 unspecified atom stereocenters. The van der Waals surface area contributed by atoms with Gasteiger partial charge in [0.1, 0.15) is 5.82 Å². The molecule has 0 saturated heterocycles. The third-order valence-corrected chi connectivity index (χ3v) is 4.89. The Morgan fingerprint density at radius 3 is 2.42 bits per heavy atom. The molecule has 1 aliphatic rings. The minimum atomic E-state index is -3.20. The Morgan fingerprint density at radius 1 is 1.17 bits per heavy atom. The second-order valence-electron chi connectivity index (χ2n) is 5.95. The van der Waals surface area contributed by atoms with Crippen LogP contribution in [0.2, 0.25) is 0 Å². The summed E-state index contributed by atoms with van der Waals surface area (Å²) in [6.45, 7) is 0.324. The van der Waals surface area contributed by atoms with E-state index in [1.54, 1.807) is 30.5 Å². The summed E-state index contributed by atoms with van der Waals surface area (Å²) in [5, 5.41) is 6.06. The van der Waals surface area contributed by atoms with Crippen molar-refractivity contribution < 1.29 is 13.2 Å². The molecule has 0 bridgehead atoms. The maximum absolute atomic E-state index is 12.1. The molecule has 3 rings (SSSR count). The van der Waals surface area contributed by atoms with E-state index < -0.39 is 9.84 Å². The van der Waals surface area contributed by atoms with E-state index in [1.807, 2.05) is 0 Å². The summed E-state index contributed by atoms with van der Waals surface area (Å²) in [5.74, 6) is 0.568. The number of benzene rings is 1. The predicted octanol–water partition coefficient (Wildman–Crippen LogP) is 1.99. The normalized spacial score (nSPS) is 14.2. The minimum Gasteiger partial charge on any atom is -0.367 e. The van der Waals surface area contributed by atoms with Gasteiger partial charge in [0, 0.05) is 25.0 Å². The zero-order chi connectivity index (χ0) is 17.2. The van der Waals surface area contributed by atoms with Gasteiger partial charge in [0.15, 0.2) is 9.84 Å². The molecule has 0 spiro atoms. The number of amides is 1. The standard InChI is InChI=1S/C17H19N3O3S/c1-24(22,23)15-7-2-12(3-8-15)10-19-17(21)13-4-9-16(18-11-13)20-14-5-6-14/h2-4,7-9,11,14H,5-6,10H2,1H3,(H,18,20)(H,19,21). The molecule has 7 heteroatoms. The number of nitrogens with zero attached hydrogens (tertiary/aromatic N) is 1. The van der Waals surface area contributed by atoms with Gasteiger partial charge in [-0.1, -0.05) is 12.1 Å².